The van der Waals surface area contributed by atoms with Crippen LogP contribution >= 0.6 is 0 Å². The van der Waals surface area contributed by atoms with Crippen molar-refractivity contribution in [3.63, 3.8) is 0 Å². The first-order chi connectivity index (χ1) is 13.7. The van der Waals surface area contributed by atoms with Crippen LogP contribution in [0.4, 0.5) is 15.9 Å². The molecule has 3 heterocycles. The van der Waals surface area contributed by atoms with Crippen LogP contribution in [0.15, 0.2) is 54.9 Å². The van der Waals surface area contributed by atoms with Crippen LogP contribution in [0.2, 0.25) is 0 Å². The maximum atomic E-state index is 13.2. The molecule has 5 nitrogen and oxygen atoms in total. The summed E-state index contributed by atoms with van der Waals surface area (Å²) in [7, 11) is 0. The molecule has 1 fully saturated rings. The average molecular weight is 377 g/mol. The third-order valence-corrected chi connectivity index (χ3v) is 5.08. The van der Waals surface area contributed by atoms with Gasteiger partial charge in [0.1, 0.15) is 11.6 Å². The van der Waals surface area contributed by atoms with Crippen LogP contribution in [0, 0.1) is 5.82 Å². The van der Waals surface area contributed by atoms with Gasteiger partial charge in [-0.2, -0.15) is 0 Å². The van der Waals surface area contributed by atoms with Crippen LogP contribution in [0.5, 0.6) is 0 Å². The molecule has 1 aliphatic heterocycles. The maximum Gasteiger partial charge on any atom is 0.161 e. The molecule has 1 aromatic carbocycles. The van der Waals surface area contributed by atoms with Crippen molar-refractivity contribution in [2.24, 2.45) is 0 Å². The van der Waals surface area contributed by atoms with Crippen molar-refractivity contribution in [3.05, 3.63) is 66.4 Å². The predicted octanol–water partition coefficient (Wildman–Crippen LogP) is 3.96. The van der Waals surface area contributed by atoms with E-state index in [-0.39, 0.29) is 5.82 Å². The molecule has 3 aromatic rings. The van der Waals surface area contributed by atoms with E-state index < -0.39 is 0 Å². The number of hydrogen-bond acceptors (Lipinski definition) is 5. The molecule has 144 valence electrons. The van der Waals surface area contributed by atoms with E-state index in [1.54, 1.807) is 12.4 Å². The van der Waals surface area contributed by atoms with Crippen LogP contribution < -0.4 is 9.80 Å². The van der Waals surface area contributed by atoms with Crippen LogP contribution in [0.3, 0.4) is 0 Å². The van der Waals surface area contributed by atoms with E-state index in [0.717, 1.165) is 67.6 Å². The van der Waals surface area contributed by atoms with Crippen molar-refractivity contribution in [1.82, 2.24) is 15.0 Å². The zero-order valence-corrected chi connectivity index (χ0v) is 16.1. The van der Waals surface area contributed by atoms with Gasteiger partial charge in [0.2, 0.25) is 0 Å². The molecule has 0 radical (unpaired) electrons. The number of anilines is 2. The SMILES string of the molecule is CCc1cc(N2CCCN(c3ccc(F)cc3)CC2)nc(-c2ccncc2)n1. The molecule has 1 saturated heterocycles. The summed E-state index contributed by atoms with van der Waals surface area (Å²) >= 11 is 0. The number of hydrogen-bond donors (Lipinski definition) is 0. The Bertz CT molecular complexity index is 914. The first-order valence-electron chi connectivity index (χ1n) is 9.77. The molecule has 0 atom stereocenters. The number of benzene rings is 1. The van der Waals surface area contributed by atoms with Crippen LogP contribution in [0.25, 0.3) is 11.4 Å². The minimum atomic E-state index is -0.197. The van der Waals surface area contributed by atoms with E-state index in [1.807, 2.05) is 24.3 Å². The van der Waals surface area contributed by atoms with Gasteiger partial charge in [0, 0.05) is 61.6 Å². The Hall–Kier alpha value is -3.02. The zero-order valence-electron chi connectivity index (χ0n) is 16.1. The Morgan fingerprint density at radius 1 is 0.893 bits per heavy atom. The summed E-state index contributed by atoms with van der Waals surface area (Å²) in [6, 6.07) is 12.7. The minimum Gasteiger partial charge on any atom is -0.370 e. The van der Waals surface area contributed by atoms with Crippen LogP contribution in [-0.4, -0.2) is 41.1 Å². The molecule has 0 bridgehead atoms. The molecular formula is C22H24FN5. The monoisotopic (exact) mass is 377 g/mol. The summed E-state index contributed by atoms with van der Waals surface area (Å²) in [4.78, 5) is 18.3. The molecule has 1 aliphatic rings. The molecule has 0 N–H and O–H groups in total. The third kappa shape index (κ3) is 4.11. The fourth-order valence-electron chi connectivity index (χ4n) is 3.51. The largest absolute Gasteiger partial charge is 0.370 e. The van der Waals surface area contributed by atoms with Crippen molar-refractivity contribution in [1.29, 1.82) is 0 Å². The summed E-state index contributed by atoms with van der Waals surface area (Å²) in [5, 5.41) is 0. The second kappa shape index (κ2) is 8.33. The average Bonchev–Trinajstić information content (AvgIpc) is 3.01. The molecule has 2 aromatic heterocycles. The Labute approximate surface area is 164 Å². The van der Waals surface area contributed by atoms with Gasteiger partial charge in [0.25, 0.3) is 0 Å². The van der Waals surface area contributed by atoms with Crippen molar-refractivity contribution in [2.75, 3.05) is 36.0 Å². The second-order valence-electron chi connectivity index (χ2n) is 6.93. The molecule has 0 saturated carbocycles. The fraction of sp³-hybridized carbons (Fsp3) is 0.318. The van der Waals surface area contributed by atoms with Gasteiger partial charge < -0.3 is 9.80 Å². The van der Waals surface area contributed by atoms with Gasteiger partial charge in [-0.1, -0.05) is 6.92 Å². The quantitative estimate of drug-likeness (QED) is 0.689. The zero-order chi connectivity index (χ0) is 19.3. The molecule has 0 unspecified atom stereocenters. The standard InChI is InChI=1S/C22H24FN5/c1-2-19-16-21(26-22(25-19)17-8-10-24-11-9-17)28-13-3-12-27(14-15-28)20-6-4-18(23)5-7-20/h4-11,16H,2-3,12-15H2,1H3. The first kappa shape index (κ1) is 18.3. The number of halogens is 1. The highest BCUT2D eigenvalue weighted by Gasteiger charge is 2.18. The van der Waals surface area contributed by atoms with Crippen molar-refractivity contribution < 1.29 is 4.39 Å². The molecule has 4 rings (SSSR count). The molecule has 0 amide bonds. The molecule has 0 aliphatic carbocycles. The Kier molecular flexibility index (Phi) is 5.46. The lowest BCUT2D eigenvalue weighted by Gasteiger charge is -2.24. The molecule has 28 heavy (non-hydrogen) atoms. The van der Waals surface area contributed by atoms with Gasteiger partial charge in [-0.15, -0.1) is 0 Å². The lowest BCUT2D eigenvalue weighted by molar-refractivity contribution is 0.627. The lowest BCUT2D eigenvalue weighted by atomic mass is 10.2. The third-order valence-electron chi connectivity index (χ3n) is 5.08. The Morgan fingerprint density at radius 2 is 1.61 bits per heavy atom. The topological polar surface area (TPSA) is 45.2 Å². The number of nitrogens with zero attached hydrogens (tertiary/aromatic N) is 5. The van der Waals surface area contributed by atoms with Crippen molar-refractivity contribution >= 4 is 11.5 Å². The van der Waals surface area contributed by atoms with E-state index in [0.29, 0.717) is 0 Å². The highest BCUT2D eigenvalue weighted by atomic mass is 19.1. The van der Waals surface area contributed by atoms with Gasteiger partial charge >= 0.3 is 0 Å². The van der Waals surface area contributed by atoms with Gasteiger partial charge in [-0.05, 0) is 49.2 Å². The summed E-state index contributed by atoms with van der Waals surface area (Å²) in [5.74, 6) is 1.52. The molecular weight excluding hydrogens is 353 g/mol. The van der Waals surface area contributed by atoms with Crippen molar-refractivity contribution in [2.45, 2.75) is 19.8 Å². The summed E-state index contributed by atoms with van der Waals surface area (Å²) in [6.07, 6.45) is 5.42. The summed E-state index contributed by atoms with van der Waals surface area (Å²) in [5.41, 5.74) is 3.09. The first-order valence-corrected chi connectivity index (χ1v) is 9.77. The normalized spacial score (nSPS) is 14.8. The number of aryl methyl sites for hydroxylation is 1. The molecule has 6 heteroatoms. The van der Waals surface area contributed by atoms with Gasteiger partial charge in [0.05, 0.1) is 0 Å². The highest BCUT2D eigenvalue weighted by molar-refractivity contribution is 5.57. The van der Waals surface area contributed by atoms with E-state index in [4.69, 9.17) is 9.97 Å². The van der Waals surface area contributed by atoms with Crippen LogP contribution in [-0.2, 0) is 6.42 Å². The highest BCUT2D eigenvalue weighted by Crippen LogP contribution is 2.23. The Balaban J connectivity index is 1.56. The minimum absolute atomic E-state index is 0.197. The fourth-order valence-corrected chi connectivity index (χ4v) is 3.51. The number of aromatic nitrogens is 3. The second-order valence-corrected chi connectivity index (χ2v) is 6.93. The van der Waals surface area contributed by atoms with E-state index >= 15 is 0 Å². The van der Waals surface area contributed by atoms with Gasteiger partial charge in [-0.25, -0.2) is 14.4 Å². The molecule has 0 spiro atoms. The van der Waals surface area contributed by atoms with Gasteiger partial charge in [-0.3, -0.25) is 4.98 Å². The lowest BCUT2D eigenvalue weighted by Crippen LogP contribution is -2.31. The van der Waals surface area contributed by atoms with E-state index in [9.17, 15) is 4.39 Å². The summed E-state index contributed by atoms with van der Waals surface area (Å²) < 4.78 is 13.2. The Morgan fingerprint density at radius 3 is 2.36 bits per heavy atom. The van der Waals surface area contributed by atoms with Gasteiger partial charge in [0.15, 0.2) is 5.82 Å². The van der Waals surface area contributed by atoms with E-state index in [2.05, 4.69) is 27.8 Å². The number of pyridine rings is 1. The maximum absolute atomic E-state index is 13.2. The smallest absolute Gasteiger partial charge is 0.161 e. The number of rotatable bonds is 4. The van der Waals surface area contributed by atoms with Crippen LogP contribution in [0.1, 0.15) is 19.0 Å². The predicted molar refractivity (Wildman–Crippen MR) is 110 cm³/mol. The van der Waals surface area contributed by atoms with E-state index in [1.165, 1.54) is 12.1 Å². The van der Waals surface area contributed by atoms with Crippen molar-refractivity contribution in [3.8, 4) is 11.4 Å². The summed E-state index contributed by atoms with van der Waals surface area (Å²) in [6.45, 7) is 5.74.